The van der Waals surface area contributed by atoms with Gasteiger partial charge in [-0.2, -0.15) is 15.8 Å². The molecule has 6 nitrogen and oxygen atoms in total. The van der Waals surface area contributed by atoms with Crippen LogP contribution in [-0.4, -0.2) is 19.1 Å². The van der Waals surface area contributed by atoms with Gasteiger partial charge >= 0.3 is 5.97 Å². The molecule has 0 amide bonds. The molecule has 0 radical (unpaired) electrons. The molecule has 0 saturated heterocycles. The number of esters is 1. The van der Waals surface area contributed by atoms with Crippen molar-refractivity contribution < 1.29 is 9.53 Å². The van der Waals surface area contributed by atoms with Gasteiger partial charge in [0.05, 0.1) is 0 Å². The average molecular weight is 266 g/mol. The minimum absolute atomic E-state index is 0.0306. The molecule has 1 rings (SSSR count). The Hall–Kier alpha value is -3.14. The molecule has 0 heterocycles. The molecule has 6 heteroatoms. The van der Waals surface area contributed by atoms with Gasteiger partial charge in [0, 0.05) is 11.8 Å². The van der Waals surface area contributed by atoms with Crippen LogP contribution in [0.3, 0.4) is 0 Å². The Kier molecular flexibility index (Phi) is 5.47. The van der Waals surface area contributed by atoms with E-state index < -0.39 is 5.97 Å². The normalized spacial score (nSPS) is 8.70. The summed E-state index contributed by atoms with van der Waals surface area (Å²) in [4.78, 5) is 11.6. The van der Waals surface area contributed by atoms with Crippen molar-refractivity contribution in [1.82, 2.24) is 0 Å². The van der Waals surface area contributed by atoms with Crippen LogP contribution in [0.2, 0.25) is 0 Å². The van der Waals surface area contributed by atoms with Crippen molar-refractivity contribution in [2.45, 2.75) is 0 Å². The quantitative estimate of drug-likeness (QED) is 0.704. The van der Waals surface area contributed by atoms with E-state index in [2.05, 4.69) is 0 Å². The van der Waals surface area contributed by atoms with Crippen LogP contribution in [0.5, 0.6) is 0 Å². The van der Waals surface area contributed by atoms with E-state index >= 15 is 0 Å². The summed E-state index contributed by atoms with van der Waals surface area (Å²) in [5.41, 5.74) is 5.01. The van der Waals surface area contributed by atoms with E-state index in [1.807, 2.05) is 0 Å². The highest BCUT2D eigenvalue weighted by atomic mass is 16.5. The van der Waals surface area contributed by atoms with E-state index in [0.29, 0.717) is 10.4 Å². The number of ether oxygens (including phenoxy) is 1. The monoisotopic (exact) mass is 266 g/mol. The first-order valence-corrected chi connectivity index (χ1v) is 5.60. The third kappa shape index (κ3) is 3.43. The average Bonchev–Trinajstić information content (AvgIpc) is 2.48. The summed E-state index contributed by atoms with van der Waals surface area (Å²) in [5.74, 6) is -0.754. The lowest BCUT2D eigenvalue weighted by molar-refractivity contribution is -0.136. The standard InChI is InChI=1S/C14H10N4O2/c15-5-6-20-14(19)13(9-18)11-3-1-10(2-4-11)12(7-16)8-17/h1-4H,5-6,15H2. The predicted molar refractivity (Wildman–Crippen MR) is 69.4 cm³/mol. The molecular formula is C14H10N4O2. The number of rotatable bonds is 3. The van der Waals surface area contributed by atoms with Crippen LogP contribution < -0.4 is 16.2 Å². The maximum absolute atomic E-state index is 11.6. The van der Waals surface area contributed by atoms with E-state index in [9.17, 15) is 4.79 Å². The lowest BCUT2D eigenvalue weighted by atomic mass is 10.1. The van der Waals surface area contributed by atoms with Crippen LogP contribution in [0.15, 0.2) is 24.3 Å². The molecular weight excluding hydrogens is 256 g/mol. The van der Waals surface area contributed by atoms with E-state index in [4.69, 9.17) is 26.3 Å². The molecule has 0 aromatic heterocycles. The third-order valence-corrected chi connectivity index (χ3v) is 2.35. The second kappa shape index (κ2) is 7.33. The number of hydrogen-bond donors (Lipinski definition) is 1. The highest BCUT2D eigenvalue weighted by Gasteiger charge is 2.10. The van der Waals surface area contributed by atoms with Crippen molar-refractivity contribution in [1.29, 1.82) is 15.8 Å². The molecule has 1 aromatic carbocycles. The van der Waals surface area contributed by atoms with Gasteiger partial charge in [-0.3, -0.25) is 0 Å². The Bertz CT molecular complexity index is 721. The Balaban J connectivity index is 3.33. The molecule has 0 aliphatic heterocycles. The van der Waals surface area contributed by atoms with Crippen LogP contribution >= 0.6 is 0 Å². The fraction of sp³-hybridized carbons (Fsp3) is 0.143. The lowest BCUT2D eigenvalue weighted by Gasteiger charge is -2.00. The zero-order valence-corrected chi connectivity index (χ0v) is 10.5. The van der Waals surface area contributed by atoms with Crippen LogP contribution in [0.4, 0.5) is 0 Å². The van der Waals surface area contributed by atoms with Crippen LogP contribution in [0.25, 0.3) is 11.1 Å². The number of nitrogens with two attached hydrogens (primary N) is 1. The summed E-state index contributed by atoms with van der Waals surface area (Å²) in [5, 5.41) is 27.2. The van der Waals surface area contributed by atoms with Gasteiger partial charge in [0.2, 0.25) is 0 Å². The van der Waals surface area contributed by atoms with Crippen LogP contribution in [0, 0.1) is 34.0 Å². The van der Waals surface area contributed by atoms with Crippen LogP contribution in [-0.2, 0) is 9.53 Å². The van der Waals surface area contributed by atoms with E-state index in [1.54, 1.807) is 18.2 Å². The number of carbonyl (C=O) groups excluding carboxylic acids is 1. The number of nitrogens with zero attached hydrogens (tertiary/aromatic N) is 3. The molecule has 20 heavy (non-hydrogen) atoms. The van der Waals surface area contributed by atoms with Gasteiger partial charge in [-0.1, -0.05) is 24.3 Å². The third-order valence-electron chi connectivity index (χ3n) is 2.35. The zero-order chi connectivity index (χ0) is 15.0. The maximum Gasteiger partial charge on any atom is 0.349 e. The minimum Gasteiger partial charge on any atom is -0.460 e. The predicted octanol–water partition coefficient (Wildman–Crippen LogP) is -0.939. The van der Waals surface area contributed by atoms with Crippen molar-refractivity contribution in [3.8, 4) is 18.2 Å². The molecule has 0 saturated carbocycles. The summed E-state index contributed by atoms with van der Waals surface area (Å²) in [6, 6.07) is 11.2. The first-order chi connectivity index (χ1) is 9.67. The Morgan fingerprint density at radius 1 is 1.05 bits per heavy atom. The summed E-state index contributed by atoms with van der Waals surface area (Å²) in [7, 11) is 0. The molecule has 0 atom stereocenters. The molecule has 2 N–H and O–H groups in total. The molecule has 0 aliphatic rings. The van der Waals surface area contributed by atoms with Gasteiger partial charge < -0.3 is 10.5 Å². The Morgan fingerprint density at radius 2 is 1.60 bits per heavy atom. The number of nitriles is 3. The smallest absolute Gasteiger partial charge is 0.349 e. The zero-order valence-electron chi connectivity index (χ0n) is 10.5. The highest BCUT2D eigenvalue weighted by molar-refractivity contribution is 6.15. The SMILES string of the molecule is N#CC(C#N)=c1ccc(=C(C#N)C(=O)OCCN)cc1. The second-order valence-electron chi connectivity index (χ2n) is 3.59. The lowest BCUT2D eigenvalue weighted by Crippen LogP contribution is -2.20. The molecule has 0 aliphatic carbocycles. The number of benzene rings is 1. The maximum atomic E-state index is 11.6. The topological polar surface area (TPSA) is 124 Å². The molecule has 0 spiro atoms. The summed E-state index contributed by atoms with van der Waals surface area (Å²) >= 11 is 0. The van der Waals surface area contributed by atoms with Crippen molar-refractivity contribution in [2.24, 2.45) is 5.73 Å². The number of carbonyl (C=O) groups is 1. The fourth-order valence-electron chi connectivity index (χ4n) is 1.41. The highest BCUT2D eigenvalue weighted by Crippen LogP contribution is 1.95. The summed E-state index contributed by atoms with van der Waals surface area (Å²) in [6.45, 7) is 0.203. The van der Waals surface area contributed by atoms with Crippen LogP contribution in [0.1, 0.15) is 0 Å². The van der Waals surface area contributed by atoms with E-state index in [1.165, 1.54) is 24.3 Å². The van der Waals surface area contributed by atoms with Gasteiger partial charge in [0.1, 0.15) is 36.0 Å². The van der Waals surface area contributed by atoms with Gasteiger partial charge in [-0.05, 0) is 5.22 Å². The van der Waals surface area contributed by atoms with Crippen molar-refractivity contribution in [3.05, 3.63) is 34.7 Å². The van der Waals surface area contributed by atoms with Gasteiger partial charge in [0.25, 0.3) is 0 Å². The van der Waals surface area contributed by atoms with Crippen molar-refractivity contribution in [3.63, 3.8) is 0 Å². The van der Waals surface area contributed by atoms with Gasteiger partial charge in [-0.15, -0.1) is 0 Å². The first kappa shape index (κ1) is 14.9. The Labute approximate surface area is 115 Å². The van der Waals surface area contributed by atoms with E-state index in [-0.39, 0.29) is 24.3 Å². The van der Waals surface area contributed by atoms with E-state index in [0.717, 1.165) is 0 Å². The molecule has 0 unspecified atom stereocenters. The fourth-order valence-corrected chi connectivity index (χ4v) is 1.41. The largest absolute Gasteiger partial charge is 0.460 e. The number of hydrogen-bond acceptors (Lipinski definition) is 6. The van der Waals surface area contributed by atoms with Crippen molar-refractivity contribution >= 4 is 17.1 Å². The second-order valence-corrected chi connectivity index (χ2v) is 3.59. The summed E-state index contributed by atoms with van der Waals surface area (Å²) in [6.07, 6.45) is 0. The van der Waals surface area contributed by atoms with Crippen molar-refractivity contribution in [2.75, 3.05) is 13.2 Å². The van der Waals surface area contributed by atoms with Gasteiger partial charge in [0.15, 0.2) is 0 Å². The molecule has 98 valence electrons. The molecule has 0 fully saturated rings. The summed E-state index contributed by atoms with van der Waals surface area (Å²) < 4.78 is 4.79. The molecule has 1 aromatic rings. The first-order valence-electron chi connectivity index (χ1n) is 5.60. The molecule has 0 bridgehead atoms. The van der Waals surface area contributed by atoms with Gasteiger partial charge in [-0.25, -0.2) is 4.79 Å². The minimum atomic E-state index is -0.754. The Morgan fingerprint density at radius 3 is 2.05 bits per heavy atom.